The van der Waals surface area contributed by atoms with Crippen molar-refractivity contribution in [2.45, 2.75) is 51.5 Å². The van der Waals surface area contributed by atoms with Gasteiger partial charge < -0.3 is 10.1 Å². The normalized spacial score (nSPS) is 19.3. The summed E-state index contributed by atoms with van der Waals surface area (Å²) in [5, 5.41) is 11.3. The molecule has 148 valence electrons. The van der Waals surface area contributed by atoms with Gasteiger partial charge in [-0.15, -0.1) is 5.10 Å². The van der Waals surface area contributed by atoms with E-state index in [1.165, 1.54) is 32.1 Å². The molecule has 0 aliphatic carbocycles. The molecule has 1 aliphatic rings. The summed E-state index contributed by atoms with van der Waals surface area (Å²) in [4.78, 5) is 15.4. The largest absolute Gasteiger partial charge is 0.496 e. The molecule has 2 heterocycles. The summed E-state index contributed by atoms with van der Waals surface area (Å²) in [6.45, 7) is 5.01. The third-order valence-corrected chi connectivity index (χ3v) is 5.58. The van der Waals surface area contributed by atoms with Crippen molar-refractivity contribution in [2.24, 2.45) is 7.05 Å². The molecule has 1 amide bonds. The third kappa shape index (κ3) is 4.58. The van der Waals surface area contributed by atoms with Crippen LogP contribution < -0.4 is 10.1 Å². The molecule has 1 N–H and O–H groups in total. The molecule has 7 nitrogen and oxygen atoms in total. The van der Waals surface area contributed by atoms with E-state index < -0.39 is 0 Å². The summed E-state index contributed by atoms with van der Waals surface area (Å²) >= 11 is 0. The highest BCUT2D eigenvalue weighted by Gasteiger charge is 2.21. The topological polar surface area (TPSA) is 72.3 Å². The molecular formula is C20H31N5O2. The van der Waals surface area contributed by atoms with Gasteiger partial charge in [-0.1, -0.05) is 37.8 Å². The molecule has 27 heavy (non-hydrogen) atoms. The first-order chi connectivity index (χ1) is 13.1. The lowest BCUT2D eigenvalue weighted by Crippen LogP contribution is -2.44. The Hall–Kier alpha value is -2.15. The van der Waals surface area contributed by atoms with E-state index in [-0.39, 0.29) is 5.91 Å². The highest BCUT2D eigenvalue weighted by molar-refractivity contribution is 6.00. The van der Waals surface area contributed by atoms with E-state index in [9.17, 15) is 4.79 Å². The molecule has 0 spiro atoms. The van der Waals surface area contributed by atoms with Gasteiger partial charge in [0, 0.05) is 25.7 Å². The number of amides is 1. The molecule has 1 aliphatic heterocycles. The van der Waals surface area contributed by atoms with E-state index in [4.69, 9.17) is 4.74 Å². The minimum Gasteiger partial charge on any atom is -0.496 e. The molecule has 3 rings (SSSR count). The number of fused-ring (bicyclic) bond motifs is 1. The van der Waals surface area contributed by atoms with Crippen LogP contribution in [-0.4, -0.2) is 58.6 Å². The highest BCUT2D eigenvalue weighted by atomic mass is 16.5. The Morgan fingerprint density at radius 2 is 2.04 bits per heavy atom. The Morgan fingerprint density at radius 1 is 1.26 bits per heavy atom. The zero-order valence-corrected chi connectivity index (χ0v) is 16.7. The first-order valence-electron chi connectivity index (χ1n) is 10.0. The Balaban J connectivity index is 1.72. The number of methoxy groups -OCH3 is 1. The van der Waals surface area contributed by atoms with Crippen molar-refractivity contribution >= 4 is 16.9 Å². The second kappa shape index (κ2) is 9.17. The van der Waals surface area contributed by atoms with Gasteiger partial charge in [-0.25, -0.2) is 4.68 Å². The molecule has 1 unspecified atom stereocenters. The molecule has 0 saturated carbocycles. The fourth-order valence-corrected chi connectivity index (χ4v) is 3.95. The van der Waals surface area contributed by atoms with Crippen molar-refractivity contribution < 1.29 is 9.53 Å². The molecule has 0 radical (unpaired) electrons. The molecule has 1 fully saturated rings. The van der Waals surface area contributed by atoms with E-state index in [0.29, 0.717) is 29.4 Å². The summed E-state index contributed by atoms with van der Waals surface area (Å²) in [6, 6.07) is 3.98. The number of aromatic nitrogens is 3. The molecule has 0 bridgehead atoms. The van der Waals surface area contributed by atoms with Crippen molar-refractivity contribution in [1.82, 2.24) is 25.2 Å². The van der Waals surface area contributed by atoms with Crippen LogP contribution in [0.1, 0.15) is 55.8 Å². The predicted molar refractivity (Wildman–Crippen MR) is 106 cm³/mol. The van der Waals surface area contributed by atoms with Crippen molar-refractivity contribution in [2.75, 3.05) is 26.7 Å². The van der Waals surface area contributed by atoms with Crippen molar-refractivity contribution in [3.63, 3.8) is 0 Å². The molecule has 2 aromatic rings. The second-order valence-corrected chi connectivity index (χ2v) is 7.30. The van der Waals surface area contributed by atoms with Gasteiger partial charge in [0.2, 0.25) is 0 Å². The number of likely N-dealkylation sites (N-methyl/N-ethyl adjacent to an activating group) is 1. The summed E-state index contributed by atoms with van der Waals surface area (Å²) in [5.74, 6) is 0.433. The summed E-state index contributed by atoms with van der Waals surface area (Å²) in [5.41, 5.74) is 2.05. The number of rotatable bonds is 5. The lowest BCUT2D eigenvalue weighted by atomic mass is 10.1. The number of nitrogens with zero attached hydrogens (tertiary/aromatic N) is 4. The van der Waals surface area contributed by atoms with Gasteiger partial charge in [-0.05, 0) is 32.0 Å². The van der Waals surface area contributed by atoms with Crippen LogP contribution in [0, 0.1) is 0 Å². The number of hydrogen-bond acceptors (Lipinski definition) is 5. The molecule has 1 saturated heterocycles. The molecule has 1 aromatic heterocycles. The van der Waals surface area contributed by atoms with Crippen LogP contribution in [0.25, 0.3) is 11.0 Å². The standard InChI is InChI=1S/C20H31N5O2/c1-4-25-11-9-7-5-6-8-10-15(25)14-21-20(26)16-12-17-18(13-19(16)27-3)24(2)23-22-17/h12-13,15H,4-11,14H2,1-3H3,(H,21,26). The number of ether oxygens (including phenoxy) is 1. The first-order valence-corrected chi connectivity index (χ1v) is 10.0. The molecular weight excluding hydrogens is 342 g/mol. The van der Waals surface area contributed by atoms with Crippen molar-refractivity contribution in [3.05, 3.63) is 17.7 Å². The lowest BCUT2D eigenvalue weighted by molar-refractivity contribution is 0.0928. The van der Waals surface area contributed by atoms with Gasteiger partial charge in [0.25, 0.3) is 5.91 Å². The van der Waals surface area contributed by atoms with Gasteiger partial charge in [0.1, 0.15) is 11.3 Å². The number of carbonyl (C=O) groups is 1. The van der Waals surface area contributed by atoms with Crippen LogP contribution in [0.3, 0.4) is 0 Å². The molecule has 7 heteroatoms. The van der Waals surface area contributed by atoms with Crippen LogP contribution in [0.5, 0.6) is 5.75 Å². The fourth-order valence-electron chi connectivity index (χ4n) is 3.95. The Kier molecular flexibility index (Phi) is 6.66. The van der Waals surface area contributed by atoms with Gasteiger partial charge in [-0.2, -0.15) is 0 Å². The SMILES string of the molecule is CCN1CCCCCCCC1CNC(=O)c1cc2nnn(C)c2cc1OC. The fraction of sp³-hybridized carbons (Fsp3) is 0.650. The summed E-state index contributed by atoms with van der Waals surface area (Å²) in [6.07, 6.45) is 7.53. The summed E-state index contributed by atoms with van der Waals surface area (Å²) < 4.78 is 7.12. The maximum absolute atomic E-state index is 12.9. The highest BCUT2D eigenvalue weighted by Crippen LogP contribution is 2.24. The van der Waals surface area contributed by atoms with Gasteiger partial charge in [0.05, 0.1) is 18.2 Å². The minimum atomic E-state index is -0.115. The quantitative estimate of drug-likeness (QED) is 0.872. The number of nitrogens with one attached hydrogen (secondary N) is 1. The number of carbonyl (C=O) groups excluding carboxylic acids is 1. The monoisotopic (exact) mass is 373 g/mol. The second-order valence-electron chi connectivity index (χ2n) is 7.30. The molecule has 1 atom stereocenters. The van der Waals surface area contributed by atoms with E-state index >= 15 is 0 Å². The maximum Gasteiger partial charge on any atom is 0.255 e. The van der Waals surface area contributed by atoms with Crippen LogP contribution in [0.4, 0.5) is 0 Å². The van der Waals surface area contributed by atoms with Crippen LogP contribution >= 0.6 is 0 Å². The Morgan fingerprint density at radius 3 is 2.81 bits per heavy atom. The number of hydrogen-bond donors (Lipinski definition) is 1. The van der Waals surface area contributed by atoms with E-state index in [1.807, 2.05) is 13.1 Å². The van der Waals surface area contributed by atoms with E-state index in [2.05, 4.69) is 27.5 Å². The van der Waals surface area contributed by atoms with Gasteiger partial charge in [-0.3, -0.25) is 9.69 Å². The summed E-state index contributed by atoms with van der Waals surface area (Å²) in [7, 11) is 3.41. The van der Waals surface area contributed by atoms with Crippen LogP contribution in [-0.2, 0) is 7.05 Å². The Labute approximate surface area is 161 Å². The zero-order valence-electron chi connectivity index (χ0n) is 16.7. The van der Waals surface area contributed by atoms with Gasteiger partial charge in [0.15, 0.2) is 0 Å². The van der Waals surface area contributed by atoms with E-state index in [1.54, 1.807) is 17.9 Å². The van der Waals surface area contributed by atoms with E-state index in [0.717, 1.165) is 25.0 Å². The maximum atomic E-state index is 12.9. The minimum absolute atomic E-state index is 0.115. The molecule has 1 aromatic carbocycles. The van der Waals surface area contributed by atoms with Crippen molar-refractivity contribution in [1.29, 1.82) is 0 Å². The third-order valence-electron chi connectivity index (χ3n) is 5.58. The number of aryl methyl sites for hydroxylation is 1. The Bertz CT molecular complexity index is 773. The predicted octanol–water partition coefficient (Wildman–Crippen LogP) is 2.75. The van der Waals surface area contributed by atoms with Crippen molar-refractivity contribution in [3.8, 4) is 5.75 Å². The average molecular weight is 374 g/mol. The first kappa shape index (κ1) is 19.6. The lowest BCUT2D eigenvalue weighted by Gasteiger charge is -2.30. The average Bonchev–Trinajstić information content (AvgIpc) is 3.10. The number of benzene rings is 1. The smallest absolute Gasteiger partial charge is 0.255 e. The van der Waals surface area contributed by atoms with Crippen LogP contribution in [0.15, 0.2) is 12.1 Å². The van der Waals surface area contributed by atoms with Crippen LogP contribution in [0.2, 0.25) is 0 Å². The zero-order chi connectivity index (χ0) is 19.2. The van der Waals surface area contributed by atoms with Gasteiger partial charge >= 0.3 is 0 Å².